The molecule has 118 valence electrons. The number of amides is 2. The van der Waals surface area contributed by atoms with Crippen LogP contribution in [0.3, 0.4) is 0 Å². The molecule has 1 aromatic rings. The van der Waals surface area contributed by atoms with Crippen molar-refractivity contribution >= 4 is 11.7 Å². The molecule has 22 heavy (non-hydrogen) atoms. The molecular formula is C19H26N2O. The van der Waals surface area contributed by atoms with Crippen molar-refractivity contribution in [2.24, 2.45) is 17.8 Å². The van der Waals surface area contributed by atoms with Crippen LogP contribution in [0.2, 0.25) is 0 Å². The Hall–Kier alpha value is -1.51. The van der Waals surface area contributed by atoms with Crippen LogP contribution in [0.5, 0.6) is 0 Å². The van der Waals surface area contributed by atoms with Gasteiger partial charge in [0.1, 0.15) is 0 Å². The first-order valence-electron chi connectivity index (χ1n) is 8.83. The third-order valence-corrected chi connectivity index (χ3v) is 6.06. The fourth-order valence-corrected chi connectivity index (χ4v) is 5.61. The van der Waals surface area contributed by atoms with Gasteiger partial charge in [-0.25, -0.2) is 4.79 Å². The van der Waals surface area contributed by atoms with Gasteiger partial charge in [-0.05, 0) is 74.3 Å². The number of hydrogen-bond donors (Lipinski definition) is 2. The molecule has 2 N–H and O–H groups in total. The van der Waals surface area contributed by atoms with Crippen LogP contribution in [0, 0.1) is 17.8 Å². The van der Waals surface area contributed by atoms with Crippen molar-refractivity contribution in [3.05, 3.63) is 29.8 Å². The highest BCUT2D eigenvalue weighted by Gasteiger charge is 2.51. The summed E-state index contributed by atoms with van der Waals surface area (Å²) in [5.41, 5.74) is 2.23. The van der Waals surface area contributed by atoms with Crippen molar-refractivity contribution in [2.45, 2.75) is 57.4 Å². The van der Waals surface area contributed by atoms with Gasteiger partial charge in [0.25, 0.3) is 0 Å². The molecule has 0 radical (unpaired) electrons. The zero-order valence-electron chi connectivity index (χ0n) is 13.4. The Labute approximate surface area is 132 Å². The standard InChI is InChI=1S/C19H26N2O/c1-2-16-5-3-4-6-17(16)20-18(22)21-19-10-13-7-14(11-19)9-15(8-13)12-19/h3-6,13-15H,2,7-12H2,1H3,(H2,20,21,22). The minimum Gasteiger partial charge on any atom is -0.332 e. The Balaban J connectivity index is 1.46. The average Bonchev–Trinajstić information content (AvgIpc) is 2.45. The van der Waals surface area contributed by atoms with Gasteiger partial charge in [-0.2, -0.15) is 0 Å². The lowest BCUT2D eigenvalue weighted by atomic mass is 9.53. The summed E-state index contributed by atoms with van der Waals surface area (Å²) in [6, 6.07) is 8.08. The molecule has 4 bridgehead atoms. The molecule has 4 saturated carbocycles. The van der Waals surface area contributed by atoms with Crippen molar-refractivity contribution in [1.29, 1.82) is 0 Å². The van der Waals surface area contributed by atoms with Gasteiger partial charge in [-0.1, -0.05) is 25.1 Å². The molecule has 5 rings (SSSR count). The second kappa shape index (κ2) is 5.29. The normalized spacial score (nSPS) is 35.4. The van der Waals surface area contributed by atoms with Crippen LogP contribution < -0.4 is 10.6 Å². The van der Waals surface area contributed by atoms with Crippen LogP contribution in [0.1, 0.15) is 51.0 Å². The Kier molecular flexibility index (Phi) is 3.39. The highest BCUT2D eigenvalue weighted by molar-refractivity contribution is 5.90. The fraction of sp³-hybridized carbons (Fsp3) is 0.632. The number of urea groups is 1. The van der Waals surface area contributed by atoms with Crippen LogP contribution >= 0.6 is 0 Å². The highest BCUT2D eigenvalue weighted by atomic mass is 16.2. The molecule has 4 aliphatic carbocycles. The van der Waals surface area contributed by atoms with E-state index in [1.54, 1.807) is 0 Å². The first-order valence-corrected chi connectivity index (χ1v) is 8.83. The average molecular weight is 298 g/mol. The number of hydrogen-bond acceptors (Lipinski definition) is 1. The summed E-state index contributed by atoms with van der Waals surface area (Å²) in [6.45, 7) is 2.12. The molecule has 3 heteroatoms. The summed E-state index contributed by atoms with van der Waals surface area (Å²) in [5, 5.41) is 6.46. The summed E-state index contributed by atoms with van der Waals surface area (Å²) >= 11 is 0. The van der Waals surface area contributed by atoms with E-state index in [1.165, 1.54) is 44.1 Å². The van der Waals surface area contributed by atoms with Crippen LogP contribution in [0.4, 0.5) is 10.5 Å². The second-order valence-corrected chi connectivity index (χ2v) is 7.79. The van der Waals surface area contributed by atoms with Crippen LogP contribution in [0.15, 0.2) is 24.3 Å². The third kappa shape index (κ3) is 2.51. The molecule has 2 amide bonds. The van der Waals surface area contributed by atoms with Gasteiger partial charge in [0.2, 0.25) is 0 Å². The third-order valence-electron chi connectivity index (χ3n) is 6.06. The van der Waals surface area contributed by atoms with Crippen molar-refractivity contribution in [1.82, 2.24) is 5.32 Å². The molecule has 0 unspecified atom stereocenters. The Morgan fingerprint density at radius 3 is 2.27 bits per heavy atom. The molecule has 0 spiro atoms. The minimum atomic E-state index is -0.0112. The largest absolute Gasteiger partial charge is 0.332 e. The van der Waals surface area contributed by atoms with Crippen molar-refractivity contribution in [3.63, 3.8) is 0 Å². The molecule has 4 fully saturated rings. The number of rotatable bonds is 3. The maximum Gasteiger partial charge on any atom is 0.319 e. The van der Waals surface area contributed by atoms with Gasteiger partial charge in [-0.3, -0.25) is 0 Å². The lowest BCUT2D eigenvalue weighted by Gasteiger charge is -2.56. The summed E-state index contributed by atoms with van der Waals surface area (Å²) in [5.74, 6) is 2.57. The van der Waals surface area contributed by atoms with Crippen molar-refractivity contribution in [3.8, 4) is 0 Å². The number of aryl methyl sites for hydroxylation is 1. The van der Waals surface area contributed by atoms with E-state index < -0.39 is 0 Å². The molecule has 0 saturated heterocycles. The zero-order valence-corrected chi connectivity index (χ0v) is 13.4. The maximum atomic E-state index is 12.5. The number of carbonyl (C=O) groups excluding carboxylic acids is 1. The second-order valence-electron chi connectivity index (χ2n) is 7.79. The number of anilines is 1. The summed E-state index contributed by atoms with van der Waals surface area (Å²) in [7, 11) is 0. The minimum absolute atomic E-state index is 0.0112. The zero-order chi connectivity index (χ0) is 15.2. The molecular weight excluding hydrogens is 272 g/mol. The van der Waals surface area contributed by atoms with Crippen LogP contribution in [0.25, 0.3) is 0 Å². The summed E-state index contributed by atoms with van der Waals surface area (Å²) < 4.78 is 0. The number of carbonyl (C=O) groups is 1. The Morgan fingerprint density at radius 1 is 1.09 bits per heavy atom. The fourth-order valence-electron chi connectivity index (χ4n) is 5.61. The van der Waals surface area contributed by atoms with Gasteiger partial charge in [0.05, 0.1) is 0 Å². The van der Waals surface area contributed by atoms with Gasteiger partial charge in [-0.15, -0.1) is 0 Å². The predicted octanol–water partition coefficient (Wildman–Crippen LogP) is 4.34. The SMILES string of the molecule is CCc1ccccc1NC(=O)NC12CC3CC(CC(C3)C1)C2. The quantitative estimate of drug-likeness (QED) is 0.856. The number of nitrogens with one attached hydrogen (secondary N) is 2. The molecule has 4 aliphatic rings. The molecule has 3 nitrogen and oxygen atoms in total. The topological polar surface area (TPSA) is 41.1 Å². The Morgan fingerprint density at radius 2 is 1.68 bits per heavy atom. The first kappa shape index (κ1) is 14.1. The lowest BCUT2D eigenvalue weighted by Crippen LogP contribution is -2.60. The van der Waals surface area contributed by atoms with Crippen LogP contribution in [-0.4, -0.2) is 11.6 Å². The van der Waals surface area contributed by atoms with E-state index in [9.17, 15) is 4.79 Å². The summed E-state index contributed by atoms with van der Waals surface area (Å²) in [4.78, 5) is 12.5. The van der Waals surface area contributed by atoms with Crippen molar-refractivity contribution < 1.29 is 4.79 Å². The van der Waals surface area contributed by atoms with E-state index in [-0.39, 0.29) is 11.6 Å². The molecule has 0 heterocycles. The first-order chi connectivity index (χ1) is 10.7. The smallest absolute Gasteiger partial charge is 0.319 e. The van der Waals surface area contributed by atoms with Gasteiger partial charge in [0, 0.05) is 11.2 Å². The molecule has 0 aromatic heterocycles. The Bertz CT molecular complexity index is 545. The van der Waals surface area contributed by atoms with E-state index in [2.05, 4.69) is 23.6 Å². The van der Waals surface area contributed by atoms with E-state index in [0.29, 0.717) is 0 Å². The number of para-hydroxylation sites is 1. The molecule has 1 aromatic carbocycles. The van der Waals surface area contributed by atoms with Crippen molar-refractivity contribution in [2.75, 3.05) is 5.32 Å². The van der Waals surface area contributed by atoms with E-state index in [1.807, 2.05) is 18.2 Å². The highest BCUT2D eigenvalue weighted by Crippen LogP contribution is 2.55. The van der Waals surface area contributed by atoms with Crippen LogP contribution in [-0.2, 0) is 6.42 Å². The monoisotopic (exact) mass is 298 g/mol. The van der Waals surface area contributed by atoms with Gasteiger partial charge in [0.15, 0.2) is 0 Å². The molecule has 0 atom stereocenters. The van der Waals surface area contributed by atoms with E-state index in [4.69, 9.17) is 0 Å². The molecule has 0 aliphatic heterocycles. The van der Waals surface area contributed by atoms with Gasteiger partial charge >= 0.3 is 6.03 Å². The summed E-state index contributed by atoms with van der Waals surface area (Å²) in [6.07, 6.45) is 8.74. The van der Waals surface area contributed by atoms with E-state index >= 15 is 0 Å². The van der Waals surface area contributed by atoms with E-state index in [0.717, 1.165) is 29.9 Å². The number of benzene rings is 1. The lowest BCUT2D eigenvalue weighted by molar-refractivity contribution is -0.0127. The maximum absolute atomic E-state index is 12.5. The predicted molar refractivity (Wildman–Crippen MR) is 88.9 cm³/mol. The van der Waals surface area contributed by atoms with Gasteiger partial charge < -0.3 is 10.6 Å².